The van der Waals surface area contributed by atoms with E-state index in [1.54, 1.807) is 0 Å². The molecule has 98 valence electrons. The highest BCUT2D eigenvalue weighted by Crippen LogP contribution is 2.32. The van der Waals surface area contributed by atoms with Gasteiger partial charge in [-0.3, -0.25) is 4.79 Å². The molecule has 0 aliphatic carbocycles. The van der Waals surface area contributed by atoms with Crippen LogP contribution >= 0.6 is 0 Å². The minimum Gasteiger partial charge on any atom is -0.353 e. The van der Waals surface area contributed by atoms with Gasteiger partial charge in [0.25, 0.3) is 0 Å². The summed E-state index contributed by atoms with van der Waals surface area (Å²) in [5, 5.41) is 6.46. The molecule has 0 bridgehead atoms. The number of rotatable bonds is 5. The second-order valence-electron chi connectivity index (χ2n) is 5.66. The van der Waals surface area contributed by atoms with E-state index in [2.05, 4.69) is 31.1 Å². The monoisotopic (exact) mass is 238 g/mol. The van der Waals surface area contributed by atoms with Crippen LogP contribution in [0.25, 0.3) is 0 Å². The highest BCUT2D eigenvalue weighted by atomic mass is 16.2. The van der Waals surface area contributed by atoms with Gasteiger partial charge in [0.15, 0.2) is 0 Å². The molecule has 1 heterocycles. The Hall–Kier alpha value is -0.830. The Bertz CT molecular complexity index is 267. The predicted octanol–water partition coefficient (Wildman–Crippen LogP) is 2.09. The number of nitrogens with one attached hydrogen (secondary N) is 2. The number of hydrogen-bond acceptors (Lipinski definition) is 2. The van der Waals surface area contributed by atoms with Gasteiger partial charge >= 0.3 is 0 Å². The zero-order valence-corrected chi connectivity index (χ0v) is 11.4. The van der Waals surface area contributed by atoms with Gasteiger partial charge < -0.3 is 10.6 Å². The van der Waals surface area contributed by atoms with Crippen molar-refractivity contribution >= 4 is 5.91 Å². The maximum absolute atomic E-state index is 12.3. The molecule has 2 N–H and O–H groups in total. The average Bonchev–Trinajstić information content (AvgIpc) is 2.30. The summed E-state index contributed by atoms with van der Waals surface area (Å²) in [4.78, 5) is 12.3. The standard InChI is InChI=1S/C14H26N2O/c1-5-7-11(2)16-13(17)14(3,4)12-8-6-9-15-10-12/h5,11-12,15H,1,6-10H2,2-4H3,(H,16,17). The lowest BCUT2D eigenvalue weighted by atomic mass is 9.74. The molecule has 0 saturated carbocycles. The van der Waals surface area contributed by atoms with Crippen molar-refractivity contribution in [1.82, 2.24) is 10.6 Å². The topological polar surface area (TPSA) is 41.1 Å². The normalized spacial score (nSPS) is 22.9. The summed E-state index contributed by atoms with van der Waals surface area (Å²) in [5.74, 6) is 0.604. The van der Waals surface area contributed by atoms with E-state index >= 15 is 0 Å². The van der Waals surface area contributed by atoms with Gasteiger partial charge in [-0.25, -0.2) is 0 Å². The molecule has 0 spiro atoms. The van der Waals surface area contributed by atoms with E-state index in [0.717, 1.165) is 25.9 Å². The number of hydrogen-bond donors (Lipinski definition) is 2. The molecule has 1 aliphatic heterocycles. The molecule has 0 aromatic heterocycles. The summed E-state index contributed by atoms with van der Waals surface area (Å²) in [6.45, 7) is 11.9. The Morgan fingerprint density at radius 2 is 2.35 bits per heavy atom. The maximum Gasteiger partial charge on any atom is 0.226 e. The van der Waals surface area contributed by atoms with Crippen LogP contribution < -0.4 is 10.6 Å². The molecule has 1 aliphatic rings. The van der Waals surface area contributed by atoms with Crippen LogP contribution in [0.15, 0.2) is 12.7 Å². The van der Waals surface area contributed by atoms with Crippen LogP contribution in [0.4, 0.5) is 0 Å². The fraction of sp³-hybridized carbons (Fsp3) is 0.786. The molecular formula is C14H26N2O. The van der Waals surface area contributed by atoms with Crippen molar-refractivity contribution in [3.8, 4) is 0 Å². The second-order valence-corrected chi connectivity index (χ2v) is 5.66. The van der Waals surface area contributed by atoms with Crippen molar-refractivity contribution < 1.29 is 4.79 Å². The molecule has 1 saturated heterocycles. The fourth-order valence-electron chi connectivity index (χ4n) is 2.37. The molecule has 1 amide bonds. The average molecular weight is 238 g/mol. The van der Waals surface area contributed by atoms with E-state index in [-0.39, 0.29) is 17.4 Å². The van der Waals surface area contributed by atoms with Crippen LogP contribution in [0.2, 0.25) is 0 Å². The number of piperidine rings is 1. The lowest BCUT2D eigenvalue weighted by molar-refractivity contribution is -0.133. The van der Waals surface area contributed by atoms with E-state index in [9.17, 15) is 4.79 Å². The van der Waals surface area contributed by atoms with Crippen molar-refractivity contribution in [1.29, 1.82) is 0 Å². The summed E-state index contributed by atoms with van der Waals surface area (Å²) in [5.41, 5.74) is -0.289. The summed E-state index contributed by atoms with van der Waals surface area (Å²) in [7, 11) is 0. The lowest BCUT2D eigenvalue weighted by Crippen LogP contribution is -2.49. The molecule has 2 atom stereocenters. The van der Waals surface area contributed by atoms with Crippen LogP contribution in [0, 0.1) is 11.3 Å². The van der Waals surface area contributed by atoms with E-state index in [0.29, 0.717) is 5.92 Å². The Balaban J connectivity index is 2.55. The van der Waals surface area contributed by atoms with E-state index in [1.165, 1.54) is 6.42 Å². The zero-order valence-electron chi connectivity index (χ0n) is 11.4. The third kappa shape index (κ3) is 3.84. The Kier molecular flexibility index (Phi) is 5.19. The third-order valence-corrected chi connectivity index (χ3v) is 3.80. The Morgan fingerprint density at radius 1 is 1.65 bits per heavy atom. The van der Waals surface area contributed by atoms with Crippen LogP contribution in [0.1, 0.15) is 40.0 Å². The Morgan fingerprint density at radius 3 is 2.88 bits per heavy atom. The molecule has 0 aromatic carbocycles. The first-order valence-electron chi connectivity index (χ1n) is 6.61. The smallest absolute Gasteiger partial charge is 0.226 e. The number of carbonyl (C=O) groups is 1. The van der Waals surface area contributed by atoms with Gasteiger partial charge in [-0.05, 0) is 45.2 Å². The first-order chi connectivity index (χ1) is 7.98. The largest absolute Gasteiger partial charge is 0.353 e. The van der Waals surface area contributed by atoms with Gasteiger partial charge in [0, 0.05) is 11.5 Å². The molecule has 0 aromatic rings. The number of amides is 1. The van der Waals surface area contributed by atoms with Gasteiger partial charge in [-0.2, -0.15) is 0 Å². The first kappa shape index (κ1) is 14.2. The SMILES string of the molecule is C=CCC(C)NC(=O)C(C)(C)C1CCCNC1. The van der Waals surface area contributed by atoms with Gasteiger partial charge in [0.2, 0.25) is 5.91 Å². The molecule has 17 heavy (non-hydrogen) atoms. The van der Waals surface area contributed by atoms with Crippen molar-refractivity contribution in [2.24, 2.45) is 11.3 Å². The van der Waals surface area contributed by atoms with E-state index in [4.69, 9.17) is 0 Å². The highest BCUT2D eigenvalue weighted by molar-refractivity contribution is 5.82. The van der Waals surface area contributed by atoms with Crippen molar-refractivity contribution in [3.05, 3.63) is 12.7 Å². The highest BCUT2D eigenvalue weighted by Gasteiger charge is 2.37. The summed E-state index contributed by atoms with van der Waals surface area (Å²) < 4.78 is 0. The molecule has 2 unspecified atom stereocenters. The van der Waals surface area contributed by atoms with Crippen molar-refractivity contribution in [3.63, 3.8) is 0 Å². The number of carbonyl (C=O) groups excluding carboxylic acids is 1. The van der Waals surface area contributed by atoms with Crippen molar-refractivity contribution in [2.45, 2.75) is 46.1 Å². The molecule has 3 nitrogen and oxygen atoms in total. The van der Waals surface area contributed by atoms with E-state index < -0.39 is 0 Å². The van der Waals surface area contributed by atoms with Gasteiger partial charge in [-0.15, -0.1) is 6.58 Å². The van der Waals surface area contributed by atoms with Crippen LogP contribution in [-0.2, 0) is 4.79 Å². The quantitative estimate of drug-likeness (QED) is 0.720. The molecule has 3 heteroatoms. The molecule has 0 radical (unpaired) electrons. The zero-order chi connectivity index (χ0) is 12.9. The third-order valence-electron chi connectivity index (χ3n) is 3.80. The minimum absolute atomic E-state index is 0.167. The van der Waals surface area contributed by atoms with Crippen LogP contribution in [-0.4, -0.2) is 25.0 Å². The van der Waals surface area contributed by atoms with Gasteiger partial charge in [0.1, 0.15) is 0 Å². The summed E-state index contributed by atoms with van der Waals surface area (Å²) in [6, 6.07) is 0.177. The summed E-state index contributed by atoms with van der Waals surface area (Å²) >= 11 is 0. The van der Waals surface area contributed by atoms with Crippen LogP contribution in [0.3, 0.4) is 0 Å². The van der Waals surface area contributed by atoms with Crippen molar-refractivity contribution in [2.75, 3.05) is 13.1 Å². The second kappa shape index (κ2) is 6.20. The van der Waals surface area contributed by atoms with Crippen LogP contribution in [0.5, 0.6) is 0 Å². The van der Waals surface area contributed by atoms with Gasteiger partial charge in [-0.1, -0.05) is 19.9 Å². The molecular weight excluding hydrogens is 212 g/mol. The predicted molar refractivity (Wildman–Crippen MR) is 71.8 cm³/mol. The molecule has 1 fully saturated rings. The maximum atomic E-state index is 12.3. The lowest BCUT2D eigenvalue weighted by Gasteiger charge is -2.36. The first-order valence-corrected chi connectivity index (χ1v) is 6.61. The molecule has 1 rings (SSSR count). The minimum atomic E-state index is -0.289. The summed E-state index contributed by atoms with van der Waals surface area (Å²) in [6.07, 6.45) is 4.98. The fourth-order valence-corrected chi connectivity index (χ4v) is 2.37. The van der Waals surface area contributed by atoms with Gasteiger partial charge in [0.05, 0.1) is 0 Å². The Labute approximate surface area is 105 Å². The van der Waals surface area contributed by atoms with E-state index in [1.807, 2.05) is 13.0 Å².